The normalized spacial score (nSPS) is 29.1. The van der Waals surface area contributed by atoms with Gasteiger partial charge in [0, 0.05) is 13.2 Å². The molecule has 0 radical (unpaired) electrons. The van der Waals surface area contributed by atoms with Crippen LogP contribution in [0.15, 0.2) is 0 Å². The molecule has 0 aliphatic heterocycles. The molecule has 0 spiro atoms. The van der Waals surface area contributed by atoms with E-state index in [4.69, 9.17) is 10.5 Å². The van der Waals surface area contributed by atoms with Crippen LogP contribution >= 0.6 is 0 Å². The molecule has 12 heavy (non-hydrogen) atoms. The minimum absolute atomic E-state index is 0.254. The highest BCUT2D eigenvalue weighted by Gasteiger charge is 2.26. The van der Waals surface area contributed by atoms with Crippen LogP contribution in [0.5, 0.6) is 0 Å². The van der Waals surface area contributed by atoms with Crippen LogP contribution in [-0.2, 0) is 9.53 Å². The lowest BCUT2D eigenvalue weighted by Gasteiger charge is -2.18. The van der Waals surface area contributed by atoms with Crippen molar-refractivity contribution in [3.05, 3.63) is 0 Å². The molecule has 0 bridgehead atoms. The quantitative estimate of drug-likeness (QED) is 0.608. The topological polar surface area (TPSA) is 64.3 Å². The molecule has 3 N–H and O–H groups in total. The molecule has 0 aromatic heterocycles. The fraction of sp³-hybridized carbons (Fsp3) is 0.875. The van der Waals surface area contributed by atoms with E-state index >= 15 is 0 Å². The van der Waals surface area contributed by atoms with Crippen LogP contribution in [0.1, 0.15) is 19.3 Å². The van der Waals surface area contributed by atoms with Crippen molar-refractivity contribution in [1.82, 2.24) is 5.32 Å². The molecule has 70 valence electrons. The summed E-state index contributed by atoms with van der Waals surface area (Å²) in [5.41, 5.74) is 5.02. The Morgan fingerprint density at radius 3 is 3.00 bits per heavy atom. The summed E-state index contributed by atoms with van der Waals surface area (Å²) in [6, 6.07) is 0.308. The van der Waals surface area contributed by atoms with Crippen molar-refractivity contribution in [2.45, 2.75) is 31.4 Å². The highest BCUT2D eigenvalue weighted by molar-refractivity contribution is 5.75. The third-order valence-electron chi connectivity index (χ3n) is 2.29. The number of hydrogen-bond acceptors (Lipinski definition) is 3. The summed E-state index contributed by atoms with van der Waals surface area (Å²) in [7, 11) is 1.70. The van der Waals surface area contributed by atoms with Crippen molar-refractivity contribution < 1.29 is 9.53 Å². The lowest BCUT2D eigenvalue weighted by molar-refractivity contribution is -0.117. The summed E-state index contributed by atoms with van der Waals surface area (Å²) in [6.45, 7) is 0.254. The first-order valence-electron chi connectivity index (χ1n) is 4.28. The summed E-state index contributed by atoms with van der Waals surface area (Å²) < 4.78 is 5.24. The second-order valence-electron chi connectivity index (χ2n) is 3.16. The van der Waals surface area contributed by atoms with E-state index in [1.165, 1.54) is 0 Å². The Morgan fingerprint density at radius 2 is 2.42 bits per heavy atom. The van der Waals surface area contributed by atoms with Gasteiger partial charge < -0.3 is 15.8 Å². The van der Waals surface area contributed by atoms with Crippen LogP contribution in [0, 0.1) is 0 Å². The molecule has 1 aliphatic rings. The fourth-order valence-electron chi connectivity index (χ4n) is 1.67. The smallest absolute Gasteiger partial charge is 0.231 e. The first-order chi connectivity index (χ1) is 5.74. The van der Waals surface area contributed by atoms with E-state index in [9.17, 15) is 4.79 Å². The number of amides is 1. The Morgan fingerprint density at radius 1 is 1.67 bits per heavy atom. The minimum atomic E-state index is -0.309. The molecule has 1 amide bonds. The van der Waals surface area contributed by atoms with Gasteiger partial charge in [0.2, 0.25) is 5.91 Å². The van der Waals surface area contributed by atoms with E-state index in [-0.39, 0.29) is 18.6 Å². The number of ether oxygens (including phenoxy) is 1. The largest absolute Gasteiger partial charge is 0.380 e. The Balaban J connectivity index is 2.26. The summed E-state index contributed by atoms with van der Waals surface area (Å²) in [4.78, 5) is 10.5. The maximum absolute atomic E-state index is 10.5. The monoisotopic (exact) mass is 172 g/mol. The predicted molar refractivity (Wildman–Crippen MR) is 45.6 cm³/mol. The fourth-order valence-corrected chi connectivity index (χ4v) is 1.67. The number of nitrogens with one attached hydrogen (secondary N) is 1. The van der Waals surface area contributed by atoms with Crippen molar-refractivity contribution >= 4 is 5.91 Å². The lowest BCUT2D eigenvalue weighted by atomic mass is 10.2. The Labute approximate surface area is 72.5 Å². The van der Waals surface area contributed by atoms with Crippen LogP contribution in [0.2, 0.25) is 0 Å². The Hall–Kier alpha value is -0.610. The van der Waals surface area contributed by atoms with Gasteiger partial charge in [-0.15, -0.1) is 0 Å². The first-order valence-corrected chi connectivity index (χ1v) is 4.28. The second kappa shape index (κ2) is 4.42. The molecule has 2 atom stereocenters. The third-order valence-corrected chi connectivity index (χ3v) is 2.29. The van der Waals surface area contributed by atoms with E-state index in [1.807, 2.05) is 0 Å². The van der Waals surface area contributed by atoms with Crippen molar-refractivity contribution in [1.29, 1.82) is 0 Å². The van der Waals surface area contributed by atoms with Gasteiger partial charge >= 0.3 is 0 Å². The van der Waals surface area contributed by atoms with Crippen molar-refractivity contribution in [2.75, 3.05) is 13.7 Å². The second-order valence-corrected chi connectivity index (χ2v) is 3.16. The SMILES string of the molecule is CO[C@H]1CCC[C@H]1NCC(N)=O. The minimum Gasteiger partial charge on any atom is -0.380 e. The van der Waals surface area contributed by atoms with E-state index < -0.39 is 0 Å². The zero-order valence-corrected chi connectivity index (χ0v) is 7.38. The third kappa shape index (κ3) is 2.46. The van der Waals surface area contributed by atoms with Gasteiger partial charge in [0.1, 0.15) is 0 Å². The molecular weight excluding hydrogens is 156 g/mol. The average molecular weight is 172 g/mol. The number of primary amides is 1. The lowest BCUT2D eigenvalue weighted by Crippen LogP contribution is -2.41. The van der Waals surface area contributed by atoms with Gasteiger partial charge in [-0.2, -0.15) is 0 Å². The number of nitrogens with two attached hydrogens (primary N) is 1. The van der Waals surface area contributed by atoms with Gasteiger partial charge in [0.15, 0.2) is 0 Å². The summed E-state index contributed by atoms with van der Waals surface area (Å²) in [5, 5.41) is 3.08. The van der Waals surface area contributed by atoms with Gasteiger partial charge in [0.05, 0.1) is 12.6 Å². The number of rotatable bonds is 4. The van der Waals surface area contributed by atoms with Crippen LogP contribution in [0.4, 0.5) is 0 Å². The summed E-state index contributed by atoms with van der Waals surface area (Å²) >= 11 is 0. The zero-order valence-electron chi connectivity index (χ0n) is 7.38. The molecule has 4 heteroatoms. The van der Waals surface area contributed by atoms with Crippen molar-refractivity contribution in [3.8, 4) is 0 Å². The van der Waals surface area contributed by atoms with E-state index in [0.717, 1.165) is 19.3 Å². The highest BCUT2D eigenvalue weighted by atomic mass is 16.5. The molecule has 0 unspecified atom stereocenters. The molecular formula is C8H16N2O2. The van der Waals surface area contributed by atoms with E-state index in [0.29, 0.717) is 6.04 Å². The van der Waals surface area contributed by atoms with Crippen LogP contribution < -0.4 is 11.1 Å². The van der Waals surface area contributed by atoms with Gasteiger partial charge in [-0.05, 0) is 19.3 Å². The van der Waals surface area contributed by atoms with Gasteiger partial charge in [-0.25, -0.2) is 0 Å². The number of methoxy groups -OCH3 is 1. The van der Waals surface area contributed by atoms with Crippen LogP contribution in [0.3, 0.4) is 0 Å². The standard InChI is InChI=1S/C8H16N2O2/c1-12-7-4-2-3-6(7)10-5-8(9)11/h6-7,10H,2-5H2,1H3,(H2,9,11)/t6-,7+/m1/s1. The molecule has 0 heterocycles. The number of carbonyl (C=O) groups excluding carboxylic acids is 1. The van der Waals surface area contributed by atoms with Crippen LogP contribution in [-0.4, -0.2) is 31.7 Å². The summed E-state index contributed by atoms with van der Waals surface area (Å²) in [5.74, 6) is -0.309. The molecule has 1 rings (SSSR count). The summed E-state index contributed by atoms with van der Waals surface area (Å²) in [6.07, 6.45) is 3.57. The van der Waals surface area contributed by atoms with Gasteiger partial charge in [-0.1, -0.05) is 0 Å². The molecule has 0 saturated heterocycles. The zero-order chi connectivity index (χ0) is 8.97. The van der Waals surface area contributed by atoms with Crippen LogP contribution in [0.25, 0.3) is 0 Å². The van der Waals surface area contributed by atoms with Crippen molar-refractivity contribution in [3.63, 3.8) is 0 Å². The molecule has 4 nitrogen and oxygen atoms in total. The predicted octanol–water partition coefficient (Wildman–Crippen LogP) is -0.371. The molecule has 0 aromatic carbocycles. The Bertz CT molecular complexity index is 161. The molecule has 1 saturated carbocycles. The Kier molecular flexibility index (Phi) is 3.49. The molecule has 0 aromatic rings. The number of carbonyl (C=O) groups is 1. The number of hydrogen-bond donors (Lipinski definition) is 2. The maximum Gasteiger partial charge on any atom is 0.231 e. The van der Waals surface area contributed by atoms with E-state index in [2.05, 4.69) is 5.32 Å². The van der Waals surface area contributed by atoms with Gasteiger partial charge in [0.25, 0.3) is 0 Å². The molecule has 1 aliphatic carbocycles. The average Bonchev–Trinajstić information content (AvgIpc) is 2.47. The molecule has 1 fully saturated rings. The first kappa shape index (κ1) is 9.48. The van der Waals surface area contributed by atoms with E-state index in [1.54, 1.807) is 7.11 Å². The highest BCUT2D eigenvalue weighted by Crippen LogP contribution is 2.20. The van der Waals surface area contributed by atoms with Gasteiger partial charge in [-0.3, -0.25) is 4.79 Å². The van der Waals surface area contributed by atoms with Crippen molar-refractivity contribution in [2.24, 2.45) is 5.73 Å². The maximum atomic E-state index is 10.5.